The summed E-state index contributed by atoms with van der Waals surface area (Å²) in [7, 11) is 0. The van der Waals surface area contributed by atoms with Gasteiger partial charge >= 0.3 is 5.97 Å². The molecule has 0 saturated heterocycles. The van der Waals surface area contributed by atoms with E-state index >= 15 is 0 Å². The third-order valence-electron chi connectivity index (χ3n) is 2.95. The maximum atomic E-state index is 11.4. The number of rotatable bonds is 8. The van der Waals surface area contributed by atoms with E-state index in [1.807, 2.05) is 31.2 Å². The largest absolute Gasteiger partial charge is 0.491 e. The highest BCUT2D eigenvalue weighted by Gasteiger charge is 2.00. The highest BCUT2D eigenvalue weighted by atomic mass is 16.5. The smallest absolute Gasteiger partial charge is 0.330 e. The first-order valence-electron chi connectivity index (χ1n) is 7.27. The van der Waals surface area contributed by atoms with Crippen molar-refractivity contribution in [3.63, 3.8) is 0 Å². The fraction of sp³-hybridized carbons (Fsp3) is 0.471. The first-order chi connectivity index (χ1) is 9.65. The minimum atomic E-state index is -0.293. The molecule has 1 aromatic carbocycles. The molecule has 1 rings (SSSR count). The Hall–Kier alpha value is -1.77. The quantitative estimate of drug-likeness (QED) is 0.405. The molecule has 3 heteroatoms. The van der Waals surface area contributed by atoms with Crippen LogP contribution in [0.15, 0.2) is 30.3 Å². The summed E-state index contributed by atoms with van der Waals surface area (Å²) in [5, 5.41) is 0. The fourth-order valence-corrected chi connectivity index (χ4v) is 1.50. The van der Waals surface area contributed by atoms with Crippen molar-refractivity contribution in [1.29, 1.82) is 0 Å². The molecule has 0 aliphatic rings. The Morgan fingerprint density at radius 2 is 1.95 bits per heavy atom. The Bertz CT molecular complexity index is 420. The third-order valence-corrected chi connectivity index (χ3v) is 2.95. The highest BCUT2D eigenvalue weighted by Crippen LogP contribution is 2.15. The van der Waals surface area contributed by atoms with Gasteiger partial charge in [-0.15, -0.1) is 0 Å². The van der Waals surface area contributed by atoms with E-state index < -0.39 is 0 Å². The Labute approximate surface area is 121 Å². The number of ether oxygens (including phenoxy) is 2. The molecule has 110 valence electrons. The number of unbranched alkanes of at least 4 members (excludes halogenated alkanes) is 1. The van der Waals surface area contributed by atoms with E-state index in [1.165, 1.54) is 6.08 Å². The molecule has 0 N–H and O–H groups in total. The normalized spacial score (nSPS) is 12.3. The van der Waals surface area contributed by atoms with Crippen LogP contribution in [0.2, 0.25) is 0 Å². The third kappa shape index (κ3) is 6.41. The lowest BCUT2D eigenvalue weighted by molar-refractivity contribution is -0.137. The average Bonchev–Trinajstić information content (AvgIpc) is 2.46. The topological polar surface area (TPSA) is 35.5 Å². The molecule has 20 heavy (non-hydrogen) atoms. The minimum Gasteiger partial charge on any atom is -0.491 e. The number of esters is 1. The molecule has 0 heterocycles. The Morgan fingerprint density at radius 3 is 2.55 bits per heavy atom. The zero-order chi connectivity index (χ0) is 14.8. The second-order valence-corrected chi connectivity index (χ2v) is 4.76. The summed E-state index contributed by atoms with van der Waals surface area (Å²) in [6.07, 6.45) is 6.33. The van der Waals surface area contributed by atoms with Crippen LogP contribution in [0, 0.1) is 0 Å². The number of carbonyl (C=O) groups is 1. The van der Waals surface area contributed by atoms with Crippen molar-refractivity contribution in [3.05, 3.63) is 35.9 Å². The van der Waals surface area contributed by atoms with Gasteiger partial charge in [0, 0.05) is 6.08 Å². The summed E-state index contributed by atoms with van der Waals surface area (Å²) < 4.78 is 10.7. The van der Waals surface area contributed by atoms with Crippen molar-refractivity contribution in [2.75, 3.05) is 6.61 Å². The summed E-state index contributed by atoms with van der Waals surface area (Å²) in [5.41, 5.74) is 0.953. The second kappa shape index (κ2) is 9.18. The van der Waals surface area contributed by atoms with Crippen LogP contribution < -0.4 is 4.74 Å². The lowest BCUT2D eigenvalue weighted by Gasteiger charge is -2.12. The van der Waals surface area contributed by atoms with Crippen LogP contribution in [0.25, 0.3) is 6.08 Å². The van der Waals surface area contributed by atoms with Gasteiger partial charge in [-0.1, -0.05) is 32.4 Å². The lowest BCUT2D eigenvalue weighted by atomic mass is 10.2. The van der Waals surface area contributed by atoms with Gasteiger partial charge in [-0.3, -0.25) is 0 Å². The number of benzene rings is 1. The van der Waals surface area contributed by atoms with E-state index in [4.69, 9.17) is 9.47 Å². The Balaban J connectivity index is 2.46. The summed E-state index contributed by atoms with van der Waals surface area (Å²) in [4.78, 5) is 11.4. The predicted molar refractivity (Wildman–Crippen MR) is 81.7 cm³/mol. The van der Waals surface area contributed by atoms with E-state index in [2.05, 4.69) is 13.8 Å². The maximum absolute atomic E-state index is 11.4. The van der Waals surface area contributed by atoms with Crippen molar-refractivity contribution >= 4 is 12.0 Å². The molecular formula is C17H24O3. The van der Waals surface area contributed by atoms with E-state index in [0.717, 1.165) is 30.6 Å². The molecular weight excluding hydrogens is 252 g/mol. The molecule has 1 aromatic rings. The van der Waals surface area contributed by atoms with E-state index in [1.54, 1.807) is 6.08 Å². The average molecular weight is 276 g/mol. The molecule has 0 aliphatic heterocycles. The molecule has 0 saturated carbocycles. The fourth-order valence-electron chi connectivity index (χ4n) is 1.50. The Morgan fingerprint density at radius 1 is 1.25 bits per heavy atom. The monoisotopic (exact) mass is 276 g/mol. The van der Waals surface area contributed by atoms with Crippen molar-refractivity contribution < 1.29 is 14.3 Å². The molecule has 0 aliphatic carbocycles. The Kier molecular flexibility index (Phi) is 7.48. The van der Waals surface area contributed by atoms with Gasteiger partial charge in [0.25, 0.3) is 0 Å². The van der Waals surface area contributed by atoms with Crippen molar-refractivity contribution in [3.8, 4) is 5.75 Å². The standard InChI is InChI=1S/C17H24O3/c1-4-6-13-19-17(18)12-9-15-7-10-16(11-8-15)20-14(3)5-2/h7-12,14H,4-6,13H2,1-3H3/b12-9+. The van der Waals surface area contributed by atoms with E-state index in [9.17, 15) is 4.79 Å². The van der Waals surface area contributed by atoms with Gasteiger partial charge in [0.1, 0.15) is 5.75 Å². The van der Waals surface area contributed by atoms with Crippen LogP contribution in [0.1, 0.15) is 45.6 Å². The van der Waals surface area contributed by atoms with E-state index in [-0.39, 0.29) is 12.1 Å². The minimum absolute atomic E-state index is 0.213. The van der Waals surface area contributed by atoms with Gasteiger partial charge in [-0.25, -0.2) is 4.79 Å². The first kappa shape index (κ1) is 16.3. The summed E-state index contributed by atoms with van der Waals surface area (Å²) >= 11 is 0. The zero-order valence-corrected chi connectivity index (χ0v) is 12.6. The lowest BCUT2D eigenvalue weighted by Crippen LogP contribution is -2.09. The van der Waals surface area contributed by atoms with Crippen molar-refractivity contribution in [2.24, 2.45) is 0 Å². The summed E-state index contributed by atoms with van der Waals surface area (Å²) in [5.74, 6) is 0.556. The second-order valence-electron chi connectivity index (χ2n) is 4.76. The van der Waals surface area contributed by atoms with Crippen LogP contribution in [0.5, 0.6) is 5.75 Å². The molecule has 0 spiro atoms. The van der Waals surface area contributed by atoms with Gasteiger partial charge in [0.2, 0.25) is 0 Å². The molecule has 1 unspecified atom stereocenters. The molecule has 0 fully saturated rings. The number of hydrogen-bond donors (Lipinski definition) is 0. The SMILES string of the molecule is CCCCOC(=O)/C=C/c1ccc(OC(C)CC)cc1. The molecule has 1 atom stereocenters. The highest BCUT2D eigenvalue weighted by molar-refractivity contribution is 5.87. The van der Waals surface area contributed by atoms with Crippen molar-refractivity contribution in [2.45, 2.75) is 46.1 Å². The van der Waals surface area contributed by atoms with Crippen molar-refractivity contribution in [1.82, 2.24) is 0 Å². The summed E-state index contributed by atoms with van der Waals surface area (Å²) in [6.45, 7) is 6.68. The van der Waals surface area contributed by atoms with Gasteiger partial charge < -0.3 is 9.47 Å². The number of carbonyl (C=O) groups excluding carboxylic acids is 1. The first-order valence-corrected chi connectivity index (χ1v) is 7.27. The van der Waals surface area contributed by atoms with Crippen LogP contribution in [0.3, 0.4) is 0 Å². The molecule has 0 amide bonds. The molecule has 0 aromatic heterocycles. The van der Waals surface area contributed by atoms with Gasteiger partial charge in [0.15, 0.2) is 0 Å². The van der Waals surface area contributed by atoms with Crippen LogP contribution in [-0.4, -0.2) is 18.7 Å². The van der Waals surface area contributed by atoms with Gasteiger partial charge in [0.05, 0.1) is 12.7 Å². The van der Waals surface area contributed by atoms with Gasteiger partial charge in [-0.2, -0.15) is 0 Å². The van der Waals surface area contributed by atoms with E-state index in [0.29, 0.717) is 6.61 Å². The van der Waals surface area contributed by atoms with Crippen LogP contribution >= 0.6 is 0 Å². The summed E-state index contributed by atoms with van der Waals surface area (Å²) in [6, 6.07) is 7.67. The van der Waals surface area contributed by atoms with Gasteiger partial charge in [-0.05, 0) is 43.5 Å². The molecule has 0 radical (unpaired) electrons. The zero-order valence-electron chi connectivity index (χ0n) is 12.6. The maximum Gasteiger partial charge on any atom is 0.330 e. The molecule has 3 nitrogen and oxygen atoms in total. The van der Waals surface area contributed by atoms with Crippen LogP contribution in [0.4, 0.5) is 0 Å². The molecule has 0 bridgehead atoms. The number of hydrogen-bond acceptors (Lipinski definition) is 3. The van der Waals surface area contributed by atoms with Crippen LogP contribution in [-0.2, 0) is 9.53 Å². The predicted octanol–water partition coefficient (Wildman–Crippen LogP) is 4.22.